The molecule has 1 saturated heterocycles. The minimum absolute atomic E-state index is 0.146. The molecule has 10 heteroatoms. The number of nitrogens with one attached hydrogen (secondary N) is 1. The monoisotopic (exact) mass is 516 g/mol. The average Bonchev–Trinajstić information content (AvgIpc) is 2.95. The van der Waals surface area contributed by atoms with Crippen molar-refractivity contribution >= 4 is 29.1 Å². The molecule has 0 unspecified atom stereocenters. The first-order chi connectivity index (χ1) is 18.5. The van der Waals surface area contributed by atoms with E-state index in [9.17, 15) is 14.9 Å². The van der Waals surface area contributed by atoms with E-state index in [2.05, 4.69) is 10.2 Å². The molecule has 0 bridgehead atoms. The Morgan fingerprint density at radius 2 is 1.84 bits per heavy atom. The third-order valence-electron chi connectivity index (χ3n) is 6.55. The summed E-state index contributed by atoms with van der Waals surface area (Å²) in [6.07, 6.45) is 3.63. The van der Waals surface area contributed by atoms with Crippen LogP contribution in [-0.4, -0.2) is 68.8 Å². The Bertz CT molecular complexity index is 1420. The number of aromatic nitrogens is 2. The lowest BCUT2D eigenvalue weighted by Crippen LogP contribution is -2.47. The molecule has 3 heterocycles. The van der Waals surface area contributed by atoms with Crippen LogP contribution in [0.15, 0.2) is 53.0 Å². The van der Waals surface area contributed by atoms with E-state index in [0.717, 1.165) is 30.1 Å². The average molecular weight is 517 g/mol. The Balaban J connectivity index is 1.66. The summed E-state index contributed by atoms with van der Waals surface area (Å²) in [5.41, 5.74) is 2.23. The van der Waals surface area contributed by atoms with Crippen LogP contribution in [0.1, 0.15) is 17.5 Å². The molecule has 1 amide bonds. The van der Waals surface area contributed by atoms with Crippen LogP contribution in [0.4, 0.5) is 11.5 Å². The number of anilines is 2. The van der Waals surface area contributed by atoms with Crippen molar-refractivity contribution in [2.24, 2.45) is 0 Å². The zero-order chi connectivity index (χ0) is 27.1. The van der Waals surface area contributed by atoms with Crippen molar-refractivity contribution < 1.29 is 14.3 Å². The fraction of sp³-hybridized carbons (Fsp3) is 0.357. The largest absolute Gasteiger partial charge is 0.497 e. The Morgan fingerprint density at radius 1 is 1.13 bits per heavy atom. The number of hydrogen-bond donors (Lipinski definition) is 1. The highest BCUT2D eigenvalue weighted by atomic mass is 16.5. The highest BCUT2D eigenvalue weighted by molar-refractivity contribution is 6.02. The maximum Gasteiger partial charge on any atom is 0.267 e. The maximum absolute atomic E-state index is 13.6. The molecule has 1 N–H and O–H groups in total. The fourth-order valence-corrected chi connectivity index (χ4v) is 4.44. The predicted octanol–water partition coefficient (Wildman–Crippen LogP) is 2.40. The number of hydrogen-bond acceptors (Lipinski definition) is 8. The van der Waals surface area contributed by atoms with E-state index < -0.39 is 5.91 Å². The summed E-state index contributed by atoms with van der Waals surface area (Å²) in [7, 11) is 3.23. The molecule has 2 aromatic heterocycles. The van der Waals surface area contributed by atoms with Gasteiger partial charge in [0.25, 0.3) is 11.5 Å². The summed E-state index contributed by atoms with van der Waals surface area (Å²) in [5.74, 6) is 0.738. The first kappa shape index (κ1) is 26.7. The lowest BCUT2D eigenvalue weighted by molar-refractivity contribution is -0.117. The zero-order valence-corrected chi connectivity index (χ0v) is 21.9. The number of carbonyl (C=O) groups excluding carboxylic acids is 1. The smallest absolute Gasteiger partial charge is 0.267 e. The Morgan fingerprint density at radius 3 is 2.50 bits per heavy atom. The fourth-order valence-electron chi connectivity index (χ4n) is 4.44. The number of methoxy groups -OCH3 is 2. The molecule has 0 radical (unpaired) electrons. The third-order valence-corrected chi connectivity index (χ3v) is 6.55. The van der Waals surface area contributed by atoms with Gasteiger partial charge in [-0.05, 0) is 55.3 Å². The van der Waals surface area contributed by atoms with Gasteiger partial charge >= 0.3 is 0 Å². The quantitative estimate of drug-likeness (QED) is 0.262. The van der Waals surface area contributed by atoms with Gasteiger partial charge in [0.2, 0.25) is 0 Å². The Hall–Kier alpha value is -4.36. The van der Waals surface area contributed by atoms with Gasteiger partial charge in [-0.3, -0.25) is 14.0 Å². The molecule has 10 nitrogen and oxygen atoms in total. The standard InChI is InChI=1S/C28H32N6O4/c1-20-6-4-12-34-25(20)31-26(24(28(34)36)18-21(19-29)27(35)30-11-5-17-37-2)33-15-13-32(14-16-33)22-7-9-23(38-3)10-8-22/h4,6-10,12,18H,5,11,13-17H2,1-3H3,(H,30,35)/b21-18+. The molecule has 1 aromatic carbocycles. The van der Waals surface area contributed by atoms with Gasteiger partial charge in [-0.1, -0.05) is 6.07 Å². The molecule has 0 saturated carbocycles. The molecular formula is C28H32N6O4. The highest BCUT2D eigenvalue weighted by Crippen LogP contribution is 2.25. The maximum atomic E-state index is 13.6. The molecule has 3 aromatic rings. The number of pyridine rings is 1. The summed E-state index contributed by atoms with van der Waals surface area (Å²) in [6, 6.07) is 13.5. The van der Waals surface area contributed by atoms with Gasteiger partial charge < -0.3 is 24.6 Å². The minimum atomic E-state index is -0.535. The highest BCUT2D eigenvalue weighted by Gasteiger charge is 2.24. The Labute approximate surface area is 221 Å². The molecule has 198 valence electrons. The first-order valence-corrected chi connectivity index (χ1v) is 12.5. The van der Waals surface area contributed by atoms with Gasteiger partial charge in [-0.2, -0.15) is 5.26 Å². The topological polar surface area (TPSA) is 112 Å². The zero-order valence-electron chi connectivity index (χ0n) is 21.9. The third kappa shape index (κ3) is 5.79. The van der Waals surface area contributed by atoms with Crippen molar-refractivity contribution in [2.75, 3.05) is 63.4 Å². The van der Waals surface area contributed by atoms with Crippen molar-refractivity contribution in [1.82, 2.24) is 14.7 Å². The molecule has 1 aliphatic heterocycles. The minimum Gasteiger partial charge on any atom is -0.497 e. The van der Waals surface area contributed by atoms with Crippen LogP contribution >= 0.6 is 0 Å². The van der Waals surface area contributed by atoms with Crippen molar-refractivity contribution in [1.29, 1.82) is 5.26 Å². The van der Waals surface area contributed by atoms with Crippen molar-refractivity contribution in [3.8, 4) is 11.8 Å². The number of benzene rings is 1. The van der Waals surface area contributed by atoms with E-state index in [4.69, 9.17) is 14.5 Å². The van der Waals surface area contributed by atoms with Gasteiger partial charge in [0, 0.05) is 58.3 Å². The van der Waals surface area contributed by atoms with Crippen LogP contribution in [0.3, 0.4) is 0 Å². The van der Waals surface area contributed by atoms with Gasteiger partial charge in [0.05, 0.1) is 12.7 Å². The van der Waals surface area contributed by atoms with Crippen LogP contribution in [0.2, 0.25) is 0 Å². The van der Waals surface area contributed by atoms with E-state index in [1.165, 1.54) is 10.5 Å². The van der Waals surface area contributed by atoms with Crippen molar-refractivity contribution in [3.05, 3.63) is 69.6 Å². The van der Waals surface area contributed by atoms with E-state index in [1.807, 2.05) is 48.2 Å². The number of nitriles is 1. The molecule has 1 aliphatic rings. The number of carbonyl (C=O) groups is 1. The number of piperazine rings is 1. The lowest BCUT2D eigenvalue weighted by Gasteiger charge is -2.37. The van der Waals surface area contributed by atoms with Crippen LogP contribution in [-0.2, 0) is 9.53 Å². The SMILES string of the molecule is COCCCNC(=O)/C(C#N)=C/c1c(N2CCN(c3ccc(OC)cc3)CC2)nc2c(C)cccn2c1=O. The number of ether oxygens (including phenoxy) is 2. The van der Waals surface area contributed by atoms with E-state index in [0.29, 0.717) is 44.1 Å². The van der Waals surface area contributed by atoms with E-state index in [-0.39, 0.29) is 16.7 Å². The molecule has 0 aliphatic carbocycles. The second-order valence-electron chi connectivity index (χ2n) is 8.98. The van der Waals surface area contributed by atoms with Gasteiger partial charge in [0.1, 0.15) is 28.9 Å². The summed E-state index contributed by atoms with van der Waals surface area (Å²) < 4.78 is 11.7. The molecule has 1 fully saturated rings. The van der Waals surface area contributed by atoms with E-state index in [1.54, 1.807) is 26.5 Å². The first-order valence-electron chi connectivity index (χ1n) is 12.5. The van der Waals surface area contributed by atoms with Crippen molar-refractivity contribution in [3.63, 3.8) is 0 Å². The van der Waals surface area contributed by atoms with Gasteiger partial charge in [0.15, 0.2) is 0 Å². The molecule has 4 rings (SSSR count). The number of fused-ring (bicyclic) bond motifs is 1. The number of rotatable bonds is 9. The summed E-state index contributed by atoms with van der Waals surface area (Å²) in [6.45, 7) is 5.43. The lowest BCUT2D eigenvalue weighted by atomic mass is 10.1. The van der Waals surface area contributed by atoms with E-state index >= 15 is 0 Å². The number of aryl methyl sites for hydroxylation is 1. The summed E-state index contributed by atoms with van der Waals surface area (Å²) in [4.78, 5) is 35.5. The second kappa shape index (κ2) is 12.3. The van der Waals surface area contributed by atoms with Gasteiger partial charge in [-0.25, -0.2) is 4.98 Å². The van der Waals surface area contributed by atoms with Crippen LogP contribution in [0.25, 0.3) is 11.7 Å². The van der Waals surface area contributed by atoms with Crippen LogP contribution in [0.5, 0.6) is 5.75 Å². The van der Waals surface area contributed by atoms with Crippen molar-refractivity contribution in [2.45, 2.75) is 13.3 Å². The van der Waals surface area contributed by atoms with Crippen LogP contribution in [0, 0.1) is 18.3 Å². The molecule has 0 spiro atoms. The number of nitrogens with zero attached hydrogens (tertiary/aromatic N) is 5. The summed E-state index contributed by atoms with van der Waals surface area (Å²) >= 11 is 0. The summed E-state index contributed by atoms with van der Waals surface area (Å²) in [5, 5.41) is 12.5. The second-order valence-corrected chi connectivity index (χ2v) is 8.98. The number of amides is 1. The van der Waals surface area contributed by atoms with Gasteiger partial charge in [-0.15, -0.1) is 0 Å². The predicted molar refractivity (Wildman–Crippen MR) is 147 cm³/mol. The molecular weight excluding hydrogens is 484 g/mol. The normalized spacial score (nSPS) is 13.9. The molecule has 0 atom stereocenters. The molecule has 38 heavy (non-hydrogen) atoms. The Kier molecular flexibility index (Phi) is 8.61. The van der Waals surface area contributed by atoms with Crippen LogP contribution < -0.4 is 25.4 Å².